The zero-order valence-corrected chi connectivity index (χ0v) is 7.83. The molecule has 2 heteroatoms. The molecule has 13 heavy (non-hydrogen) atoms. The van der Waals surface area contributed by atoms with Crippen LogP contribution in [0, 0.1) is 6.07 Å². The molecule has 1 aromatic rings. The molecule has 0 heterocycles. The largest absolute Gasteiger partial charge is 0.508 e. The summed E-state index contributed by atoms with van der Waals surface area (Å²) < 4.78 is 0. The molecule has 2 nitrogen and oxygen atoms in total. The highest BCUT2D eigenvalue weighted by Crippen LogP contribution is 2.26. The van der Waals surface area contributed by atoms with Crippen molar-refractivity contribution in [2.24, 2.45) is 0 Å². The zero-order chi connectivity index (χ0) is 9.84. The van der Waals surface area contributed by atoms with E-state index in [0.29, 0.717) is 12.0 Å². The van der Waals surface area contributed by atoms with E-state index in [2.05, 4.69) is 6.07 Å². The third-order valence-corrected chi connectivity index (χ3v) is 1.77. The molecule has 1 aromatic carbocycles. The van der Waals surface area contributed by atoms with E-state index in [9.17, 15) is 10.2 Å². The van der Waals surface area contributed by atoms with Crippen LogP contribution < -0.4 is 0 Å². The van der Waals surface area contributed by atoms with Gasteiger partial charge in [0.25, 0.3) is 0 Å². The van der Waals surface area contributed by atoms with Crippen LogP contribution in [0.15, 0.2) is 23.8 Å². The molecule has 0 aliphatic heterocycles. The first-order valence-corrected chi connectivity index (χ1v) is 4.16. The van der Waals surface area contributed by atoms with Crippen LogP contribution in [0.5, 0.6) is 11.5 Å². The minimum atomic E-state index is 0.0255. The Labute approximate surface area is 78.2 Å². The molecular formula is C11H13O2. The van der Waals surface area contributed by atoms with Gasteiger partial charge in [0.15, 0.2) is 0 Å². The Kier molecular flexibility index (Phi) is 2.96. The van der Waals surface area contributed by atoms with Gasteiger partial charge in [-0.2, -0.15) is 0 Å². The third-order valence-electron chi connectivity index (χ3n) is 1.77. The number of phenolic OH excluding ortho intramolecular Hbond substituents is 2. The summed E-state index contributed by atoms with van der Waals surface area (Å²) in [6, 6.07) is 5.65. The molecule has 0 saturated carbocycles. The van der Waals surface area contributed by atoms with Crippen molar-refractivity contribution in [3.63, 3.8) is 0 Å². The van der Waals surface area contributed by atoms with Crippen molar-refractivity contribution in [2.45, 2.75) is 20.3 Å². The summed E-state index contributed by atoms with van der Waals surface area (Å²) >= 11 is 0. The van der Waals surface area contributed by atoms with E-state index in [1.807, 2.05) is 19.9 Å². The maximum Gasteiger partial charge on any atom is 0.130 e. The summed E-state index contributed by atoms with van der Waals surface area (Å²) in [6.07, 6.45) is 2.49. The van der Waals surface area contributed by atoms with Gasteiger partial charge in [0, 0.05) is 11.6 Å². The number of benzene rings is 1. The second-order valence-corrected chi connectivity index (χ2v) is 3.18. The molecule has 0 aromatic heterocycles. The average Bonchev–Trinajstić information content (AvgIpc) is 2.03. The van der Waals surface area contributed by atoms with Crippen molar-refractivity contribution in [2.75, 3.05) is 0 Å². The monoisotopic (exact) mass is 177 g/mol. The van der Waals surface area contributed by atoms with Crippen molar-refractivity contribution in [1.29, 1.82) is 0 Å². The molecule has 1 radical (unpaired) electrons. The van der Waals surface area contributed by atoms with Crippen LogP contribution in [-0.4, -0.2) is 10.2 Å². The maximum absolute atomic E-state index is 9.39. The Morgan fingerprint density at radius 2 is 2.15 bits per heavy atom. The van der Waals surface area contributed by atoms with Gasteiger partial charge in [-0.25, -0.2) is 0 Å². The molecule has 0 bridgehead atoms. The van der Waals surface area contributed by atoms with Crippen molar-refractivity contribution in [1.82, 2.24) is 0 Å². The smallest absolute Gasteiger partial charge is 0.130 e. The topological polar surface area (TPSA) is 40.5 Å². The van der Waals surface area contributed by atoms with Gasteiger partial charge in [0.2, 0.25) is 0 Å². The first kappa shape index (κ1) is 9.65. The number of rotatable bonds is 2. The molecule has 0 aliphatic rings. The molecule has 0 fully saturated rings. The van der Waals surface area contributed by atoms with Gasteiger partial charge in [0.05, 0.1) is 0 Å². The highest BCUT2D eigenvalue weighted by Gasteiger charge is 2.04. The van der Waals surface area contributed by atoms with Gasteiger partial charge in [-0.05, 0) is 32.4 Å². The second-order valence-electron chi connectivity index (χ2n) is 3.18. The predicted octanol–water partition coefficient (Wildman–Crippen LogP) is 2.41. The van der Waals surface area contributed by atoms with E-state index in [-0.39, 0.29) is 11.5 Å². The fourth-order valence-corrected chi connectivity index (χ4v) is 1.02. The van der Waals surface area contributed by atoms with Gasteiger partial charge >= 0.3 is 0 Å². The Morgan fingerprint density at radius 3 is 2.69 bits per heavy atom. The molecule has 2 N–H and O–H groups in total. The Hall–Kier alpha value is -1.44. The van der Waals surface area contributed by atoms with Crippen molar-refractivity contribution in [3.05, 3.63) is 35.4 Å². The molecule has 0 amide bonds. The lowest BCUT2D eigenvalue weighted by Crippen LogP contribution is -1.84. The van der Waals surface area contributed by atoms with Crippen LogP contribution in [0.4, 0.5) is 0 Å². The van der Waals surface area contributed by atoms with Crippen LogP contribution in [0.1, 0.15) is 19.4 Å². The molecule has 0 spiro atoms. The minimum Gasteiger partial charge on any atom is -0.508 e. The Balaban J connectivity index is 2.94. The van der Waals surface area contributed by atoms with E-state index in [4.69, 9.17) is 0 Å². The van der Waals surface area contributed by atoms with Crippen molar-refractivity contribution < 1.29 is 10.2 Å². The number of aromatic hydroxyl groups is 2. The van der Waals surface area contributed by atoms with E-state index < -0.39 is 0 Å². The SMILES string of the molecule is CC(C)=CCc1c(O)[c]ccc1O. The van der Waals surface area contributed by atoms with E-state index in [1.54, 1.807) is 0 Å². The van der Waals surface area contributed by atoms with Gasteiger partial charge in [0.1, 0.15) is 11.5 Å². The lowest BCUT2D eigenvalue weighted by Gasteiger charge is -2.03. The number of phenols is 2. The summed E-state index contributed by atoms with van der Waals surface area (Å²) in [4.78, 5) is 0. The lowest BCUT2D eigenvalue weighted by molar-refractivity contribution is 0.440. The van der Waals surface area contributed by atoms with Gasteiger partial charge in [-0.15, -0.1) is 0 Å². The van der Waals surface area contributed by atoms with Crippen LogP contribution in [0.25, 0.3) is 0 Å². The third kappa shape index (κ3) is 2.51. The van der Waals surface area contributed by atoms with Crippen LogP contribution >= 0.6 is 0 Å². The van der Waals surface area contributed by atoms with E-state index in [0.717, 1.165) is 5.57 Å². The number of allylic oxidation sites excluding steroid dienone is 2. The van der Waals surface area contributed by atoms with Gasteiger partial charge < -0.3 is 10.2 Å². The number of hydrogen-bond donors (Lipinski definition) is 2. The minimum absolute atomic E-state index is 0.0255. The molecule has 0 saturated heterocycles. The molecule has 1 rings (SSSR count). The van der Waals surface area contributed by atoms with Gasteiger partial charge in [-0.1, -0.05) is 11.6 Å². The highest BCUT2D eigenvalue weighted by atomic mass is 16.3. The summed E-state index contributed by atoms with van der Waals surface area (Å²) in [5.74, 6) is 0.145. The Morgan fingerprint density at radius 1 is 1.46 bits per heavy atom. The molecular weight excluding hydrogens is 164 g/mol. The molecule has 0 aliphatic carbocycles. The zero-order valence-electron chi connectivity index (χ0n) is 7.83. The molecule has 69 valence electrons. The maximum atomic E-state index is 9.39. The van der Waals surface area contributed by atoms with E-state index in [1.165, 1.54) is 12.1 Å². The van der Waals surface area contributed by atoms with Crippen molar-refractivity contribution >= 4 is 0 Å². The van der Waals surface area contributed by atoms with Crippen molar-refractivity contribution in [3.8, 4) is 11.5 Å². The van der Waals surface area contributed by atoms with Crippen LogP contribution in [0.2, 0.25) is 0 Å². The number of hydrogen-bond acceptors (Lipinski definition) is 2. The second kappa shape index (κ2) is 3.99. The fraction of sp³-hybridized carbons (Fsp3) is 0.273. The van der Waals surface area contributed by atoms with Crippen LogP contribution in [-0.2, 0) is 6.42 Å². The fourth-order valence-electron chi connectivity index (χ4n) is 1.02. The Bertz CT molecular complexity index is 303. The standard InChI is InChI=1S/C11H13O2/c1-8(2)6-7-9-10(12)4-3-5-11(9)13/h3-4,6,12-13H,7H2,1-2H3. The highest BCUT2D eigenvalue weighted by molar-refractivity contribution is 5.43. The van der Waals surface area contributed by atoms with Crippen LogP contribution in [0.3, 0.4) is 0 Å². The van der Waals surface area contributed by atoms with E-state index >= 15 is 0 Å². The van der Waals surface area contributed by atoms with Gasteiger partial charge in [-0.3, -0.25) is 0 Å². The predicted molar refractivity (Wildman–Crippen MR) is 51.7 cm³/mol. The first-order valence-electron chi connectivity index (χ1n) is 4.16. The summed E-state index contributed by atoms with van der Waals surface area (Å²) in [5, 5.41) is 18.8. The summed E-state index contributed by atoms with van der Waals surface area (Å²) in [7, 11) is 0. The quantitative estimate of drug-likeness (QED) is 0.681. The lowest BCUT2D eigenvalue weighted by atomic mass is 10.1. The molecule has 0 atom stereocenters. The first-order chi connectivity index (χ1) is 6.11. The normalized spacial score (nSPS) is 9.69. The average molecular weight is 177 g/mol. The molecule has 0 unspecified atom stereocenters. The summed E-state index contributed by atoms with van der Waals surface area (Å²) in [5.41, 5.74) is 1.69. The summed E-state index contributed by atoms with van der Waals surface area (Å²) in [6.45, 7) is 3.95.